The van der Waals surface area contributed by atoms with Crippen molar-refractivity contribution in [1.29, 1.82) is 0 Å². The lowest BCUT2D eigenvalue weighted by Gasteiger charge is -2.26. The lowest BCUT2D eigenvalue weighted by molar-refractivity contribution is -0.119. The van der Waals surface area contributed by atoms with Crippen molar-refractivity contribution < 1.29 is 4.79 Å². The Hall–Kier alpha value is -2.75. The molecule has 2 aromatic heterocycles. The number of nitrogens with one attached hydrogen (secondary N) is 2. The SMILES string of the molecule is CCCNN(C)c1nc(NC)c2nc(N3CCC(=O)CC3)nc(N)c2n1. The van der Waals surface area contributed by atoms with Gasteiger partial charge in [-0.15, -0.1) is 0 Å². The van der Waals surface area contributed by atoms with Crippen molar-refractivity contribution in [3.63, 3.8) is 0 Å². The molecule has 2 aromatic rings. The highest BCUT2D eigenvalue weighted by Gasteiger charge is 2.22. The number of piperidine rings is 1. The summed E-state index contributed by atoms with van der Waals surface area (Å²) in [6.07, 6.45) is 2.00. The molecule has 3 heterocycles. The van der Waals surface area contributed by atoms with Gasteiger partial charge in [0.1, 0.15) is 16.8 Å². The smallest absolute Gasteiger partial charge is 0.242 e. The molecule has 0 radical (unpaired) electrons. The maximum Gasteiger partial charge on any atom is 0.242 e. The van der Waals surface area contributed by atoms with E-state index < -0.39 is 0 Å². The number of Topliss-reactive ketones (excluding diaryl/α,β-unsaturated/α-hetero) is 1. The van der Waals surface area contributed by atoms with Crippen molar-refractivity contribution in [2.45, 2.75) is 26.2 Å². The van der Waals surface area contributed by atoms with Gasteiger partial charge in [0, 0.05) is 46.6 Å². The fourth-order valence-corrected chi connectivity index (χ4v) is 2.79. The normalized spacial score (nSPS) is 14.7. The van der Waals surface area contributed by atoms with Crippen LogP contribution in [-0.2, 0) is 4.79 Å². The fraction of sp³-hybridized carbons (Fsp3) is 0.562. The molecule has 0 saturated carbocycles. The number of nitrogen functional groups attached to an aromatic ring is 1. The maximum absolute atomic E-state index is 11.5. The number of anilines is 4. The highest BCUT2D eigenvalue weighted by atomic mass is 16.1. The predicted octanol–water partition coefficient (Wildman–Crippen LogP) is 0.564. The van der Waals surface area contributed by atoms with Crippen LogP contribution in [0, 0.1) is 0 Å². The second kappa shape index (κ2) is 7.65. The van der Waals surface area contributed by atoms with Crippen LogP contribution in [0.3, 0.4) is 0 Å². The zero-order valence-corrected chi connectivity index (χ0v) is 15.4. The molecule has 26 heavy (non-hydrogen) atoms. The summed E-state index contributed by atoms with van der Waals surface area (Å²) >= 11 is 0. The first-order chi connectivity index (χ1) is 12.5. The Balaban J connectivity index is 2.00. The Morgan fingerprint density at radius 1 is 1.15 bits per heavy atom. The number of hydrogen-bond donors (Lipinski definition) is 3. The van der Waals surface area contributed by atoms with Crippen LogP contribution in [0.15, 0.2) is 0 Å². The molecule has 1 aliphatic rings. The van der Waals surface area contributed by atoms with Gasteiger partial charge >= 0.3 is 0 Å². The third-order valence-electron chi connectivity index (χ3n) is 4.29. The molecule has 1 fully saturated rings. The van der Waals surface area contributed by atoms with Gasteiger partial charge < -0.3 is 16.0 Å². The Morgan fingerprint density at radius 3 is 2.54 bits per heavy atom. The van der Waals surface area contributed by atoms with E-state index in [0.29, 0.717) is 60.5 Å². The molecule has 1 saturated heterocycles. The van der Waals surface area contributed by atoms with E-state index >= 15 is 0 Å². The number of rotatable bonds is 6. The second-order valence-electron chi connectivity index (χ2n) is 6.22. The highest BCUT2D eigenvalue weighted by molar-refractivity contribution is 5.93. The van der Waals surface area contributed by atoms with Crippen molar-refractivity contribution >= 4 is 40.3 Å². The van der Waals surface area contributed by atoms with Gasteiger partial charge in [-0.25, -0.2) is 15.4 Å². The zero-order chi connectivity index (χ0) is 18.7. The van der Waals surface area contributed by atoms with E-state index in [2.05, 4.69) is 37.6 Å². The van der Waals surface area contributed by atoms with E-state index in [1.807, 2.05) is 11.9 Å². The summed E-state index contributed by atoms with van der Waals surface area (Å²) in [5.74, 6) is 2.14. The van der Waals surface area contributed by atoms with Gasteiger partial charge in [-0.05, 0) is 6.42 Å². The lowest BCUT2D eigenvalue weighted by Crippen LogP contribution is -2.36. The first-order valence-corrected chi connectivity index (χ1v) is 8.80. The number of nitrogens with two attached hydrogens (primary N) is 1. The summed E-state index contributed by atoms with van der Waals surface area (Å²) in [6, 6.07) is 0. The van der Waals surface area contributed by atoms with E-state index in [9.17, 15) is 4.79 Å². The summed E-state index contributed by atoms with van der Waals surface area (Å²) in [5.41, 5.74) is 10.5. The van der Waals surface area contributed by atoms with Crippen LogP contribution in [0.2, 0.25) is 0 Å². The molecular weight excluding hydrogens is 334 g/mol. The van der Waals surface area contributed by atoms with Gasteiger partial charge in [0.25, 0.3) is 0 Å². The number of aromatic nitrogens is 4. The lowest BCUT2D eigenvalue weighted by atomic mass is 10.1. The first-order valence-electron chi connectivity index (χ1n) is 8.80. The standard InChI is InChI=1S/C16H25N9O/c1-4-7-19-24(3)15-20-11-12(14(18-2)23-15)21-16(22-13(11)17)25-8-5-10(26)6-9-25/h19H,4-9H2,1-3H3,(H2,17,21,22)(H,18,20,23). The average Bonchev–Trinajstić information content (AvgIpc) is 2.65. The number of nitrogens with zero attached hydrogens (tertiary/aromatic N) is 6. The monoisotopic (exact) mass is 359 g/mol. The van der Waals surface area contributed by atoms with Crippen LogP contribution in [0.25, 0.3) is 11.0 Å². The number of carbonyl (C=O) groups is 1. The molecule has 3 rings (SSSR count). The van der Waals surface area contributed by atoms with Crippen LogP contribution in [0.5, 0.6) is 0 Å². The summed E-state index contributed by atoms with van der Waals surface area (Å²) in [4.78, 5) is 31.5. The van der Waals surface area contributed by atoms with Crippen LogP contribution >= 0.6 is 0 Å². The van der Waals surface area contributed by atoms with Gasteiger partial charge in [0.05, 0.1) is 0 Å². The molecule has 1 aliphatic heterocycles. The Labute approximate surface area is 152 Å². The molecule has 0 aromatic carbocycles. The minimum absolute atomic E-state index is 0.265. The van der Waals surface area contributed by atoms with Crippen molar-refractivity contribution in [2.75, 3.05) is 54.7 Å². The van der Waals surface area contributed by atoms with E-state index in [1.165, 1.54) is 0 Å². The Morgan fingerprint density at radius 2 is 1.88 bits per heavy atom. The number of hydrogen-bond acceptors (Lipinski definition) is 10. The molecule has 0 unspecified atom stereocenters. The molecule has 0 bridgehead atoms. The molecule has 140 valence electrons. The molecule has 0 spiro atoms. The van der Waals surface area contributed by atoms with Gasteiger partial charge in [-0.3, -0.25) is 9.80 Å². The maximum atomic E-state index is 11.5. The van der Waals surface area contributed by atoms with Crippen LogP contribution in [-0.4, -0.2) is 59.4 Å². The number of ketones is 1. The van der Waals surface area contributed by atoms with Gasteiger partial charge in [-0.1, -0.05) is 6.92 Å². The molecule has 10 heteroatoms. The summed E-state index contributed by atoms with van der Waals surface area (Å²) in [5, 5.41) is 4.82. The predicted molar refractivity (Wildman–Crippen MR) is 102 cm³/mol. The third kappa shape index (κ3) is 3.59. The van der Waals surface area contributed by atoms with E-state index in [0.717, 1.165) is 13.0 Å². The zero-order valence-electron chi connectivity index (χ0n) is 15.4. The molecule has 10 nitrogen and oxygen atoms in total. The van der Waals surface area contributed by atoms with Crippen LogP contribution in [0.4, 0.5) is 23.5 Å². The first kappa shape index (κ1) is 18.1. The Bertz CT molecular complexity index is 800. The molecule has 0 aliphatic carbocycles. The van der Waals surface area contributed by atoms with Gasteiger partial charge in [0.2, 0.25) is 11.9 Å². The number of carbonyl (C=O) groups excluding carboxylic acids is 1. The van der Waals surface area contributed by atoms with E-state index in [4.69, 9.17) is 5.73 Å². The van der Waals surface area contributed by atoms with Crippen molar-refractivity contribution in [3.8, 4) is 0 Å². The molecule has 4 N–H and O–H groups in total. The van der Waals surface area contributed by atoms with Crippen molar-refractivity contribution in [3.05, 3.63) is 0 Å². The summed E-state index contributed by atoms with van der Waals surface area (Å²) in [6.45, 7) is 4.09. The minimum Gasteiger partial charge on any atom is -0.382 e. The van der Waals surface area contributed by atoms with E-state index in [1.54, 1.807) is 12.1 Å². The molecular formula is C16H25N9O. The number of hydrazine groups is 1. The van der Waals surface area contributed by atoms with Crippen LogP contribution in [0.1, 0.15) is 26.2 Å². The van der Waals surface area contributed by atoms with E-state index in [-0.39, 0.29) is 5.78 Å². The summed E-state index contributed by atoms with van der Waals surface area (Å²) in [7, 11) is 3.63. The molecule has 0 amide bonds. The number of fused-ring (bicyclic) bond motifs is 1. The quantitative estimate of drug-likeness (QED) is 0.630. The van der Waals surface area contributed by atoms with Crippen molar-refractivity contribution in [1.82, 2.24) is 25.4 Å². The largest absolute Gasteiger partial charge is 0.382 e. The molecule has 0 atom stereocenters. The highest BCUT2D eigenvalue weighted by Crippen LogP contribution is 2.27. The fourth-order valence-electron chi connectivity index (χ4n) is 2.79. The summed E-state index contributed by atoms with van der Waals surface area (Å²) < 4.78 is 0. The minimum atomic E-state index is 0.265. The second-order valence-corrected chi connectivity index (χ2v) is 6.22. The van der Waals surface area contributed by atoms with Gasteiger partial charge in [0.15, 0.2) is 11.6 Å². The third-order valence-corrected chi connectivity index (χ3v) is 4.29. The topological polar surface area (TPSA) is 125 Å². The van der Waals surface area contributed by atoms with Gasteiger partial charge in [-0.2, -0.15) is 9.97 Å². The van der Waals surface area contributed by atoms with Crippen LogP contribution < -0.4 is 26.4 Å². The Kier molecular flexibility index (Phi) is 5.31. The average molecular weight is 359 g/mol. The van der Waals surface area contributed by atoms with Crippen molar-refractivity contribution in [2.24, 2.45) is 0 Å².